The van der Waals surface area contributed by atoms with E-state index < -0.39 is 11.7 Å². The Labute approximate surface area is 182 Å². The Balaban J connectivity index is 1.97. The van der Waals surface area contributed by atoms with Crippen LogP contribution in [0.1, 0.15) is 62.8 Å². The maximum atomic E-state index is 13.6. The van der Waals surface area contributed by atoms with Crippen molar-refractivity contribution in [2.75, 3.05) is 5.32 Å². The van der Waals surface area contributed by atoms with Gasteiger partial charge in [-0.25, -0.2) is 4.99 Å². The fraction of sp³-hybridized carbons (Fsp3) is 0.440. The van der Waals surface area contributed by atoms with E-state index in [9.17, 15) is 13.2 Å². The summed E-state index contributed by atoms with van der Waals surface area (Å²) in [5.74, 6) is 0.882. The average molecular weight is 430 g/mol. The summed E-state index contributed by atoms with van der Waals surface area (Å²) >= 11 is 0. The zero-order valence-corrected chi connectivity index (χ0v) is 18.2. The Bertz CT molecular complexity index is 948. The molecule has 31 heavy (non-hydrogen) atoms. The van der Waals surface area contributed by atoms with Crippen LogP contribution < -0.4 is 5.32 Å². The molecule has 0 fully saturated rings. The lowest BCUT2D eigenvalue weighted by Gasteiger charge is -2.22. The summed E-state index contributed by atoms with van der Waals surface area (Å²) in [6, 6.07) is 7.31. The fourth-order valence-electron chi connectivity index (χ4n) is 4.05. The number of aryl methyl sites for hydroxylation is 1. The van der Waals surface area contributed by atoms with Crippen LogP contribution in [0.25, 0.3) is 11.3 Å². The molecule has 6 heteroatoms. The van der Waals surface area contributed by atoms with Gasteiger partial charge in [-0.1, -0.05) is 45.0 Å². The summed E-state index contributed by atoms with van der Waals surface area (Å²) in [7, 11) is 0. The maximum absolute atomic E-state index is 13.6. The number of halogens is 3. The molecule has 1 N–H and O–H groups in total. The van der Waals surface area contributed by atoms with E-state index in [1.807, 2.05) is 6.21 Å². The van der Waals surface area contributed by atoms with Gasteiger partial charge >= 0.3 is 6.18 Å². The van der Waals surface area contributed by atoms with Crippen LogP contribution in [0.3, 0.4) is 0 Å². The van der Waals surface area contributed by atoms with Gasteiger partial charge in [-0.15, -0.1) is 0 Å². The Hall–Kier alpha value is -2.63. The molecule has 0 radical (unpaired) electrons. The minimum Gasteiger partial charge on any atom is -0.340 e. The van der Waals surface area contributed by atoms with E-state index in [4.69, 9.17) is 0 Å². The van der Waals surface area contributed by atoms with Crippen LogP contribution in [-0.2, 0) is 19.0 Å². The minimum absolute atomic E-state index is 0.0922. The van der Waals surface area contributed by atoms with Crippen molar-refractivity contribution in [1.29, 1.82) is 0 Å². The van der Waals surface area contributed by atoms with Crippen molar-refractivity contribution in [3.8, 4) is 11.3 Å². The van der Waals surface area contributed by atoms with E-state index in [0.29, 0.717) is 17.4 Å². The molecule has 0 bridgehead atoms. The number of nitrogens with zero attached hydrogens (tertiary/aromatic N) is 2. The summed E-state index contributed by atoms with van der Waals surface area (Å²) in [6.45, 7) is 8.29. The summed E-state index contributed by atoms with van der Waals surface area (Å²) in [4.78, 5) is 9.12. The molecule has 1 aromatic carbocycles. The van der Waals surface area contributed by atoms with Gasteiger partial charge in [0.15, 0.2) is 0 Å². The second kappa shape index (κ2) is 10.1. The number of fused-ring (bicyclic) bond motifs is 1. The van der Waals surface area contributed by atoms with Crippen molar-refractivity contribution in [2.45, 2.75) is 65.0 Å². The monoisotopic (exact) mass is 429 g/mol. The molecule has 2 aromatic rings. The predicted octanol–water partition coefficient (Wildman–Crippen LogP) is 7.43. The summed E-state index contributed by atoms with van der Waals surface area (Å²) in [5.41, 5.74) is 2.41. The van der Waals surface area contributed by atoms with Gasteiger partial charge in [0.2, 0.25) is 0 Å². The number of alkyl halides is 3. The second-order valence-corrected chi connectivity index (χ2v) is 8.04. The van der Waals surface area contributed by atoms with E-state index in [0.717, 1.165) is 68.0 Å². The summed E-state index contributed by atoms with van der Waals surface area (Å²) in [5, 5.41) is 3.25. The summed E-state index contributed by atoms with van der Waals surface area (Å²) in [6.07, 6.45) is 4.27. The number of hydrogen-bond donors (Lipinski definition) is 1. The van der Waals surface area contributed by atoms with Crippen LogP contribution >= 0.6 is 0 Å². The molecular weight excluding hydrogens is 399 g/mol. The average Bonchev–Trinajstić information content (AvgIpc) is 2.76. The lowest BCUT2D eigenvalue weighted by molar-refractivity contribution is -0.137. The van der Waals surface area contributed by atoms with Crippen molar-refractivity contribution in [1.82, 2.24) is 4.98 Å². The van der Waals surface area contributed by atoms with Crippen molar-refractivity contribution < 1.29 is 13.2 Å². The van der Waals surface area contributed by atoms with Gasteiger partial charge in [0.05, 0.1) is 11.3 Å². The Morgan fingerprint density at radius 1 is 1.23 bits per heavy atom. The minimum atomic E-state index is -4.44. The first-order valence-corrected chi connectivity index (χ1v) is 11.0. The van der Waals surface area contributed by atoms with Gasteiger partial charge in [0.1, 0.15) is 5.82 Å². The normalized spacial score (nSPS) is 15.0. The van der Waals surface area contributed by atoms with Crippen molar-refractivity contribution in [2.24, 2.45) is 10.9 Å². The number of rotatable bonds is 8. The van der Waals surface area contributed by atoms with Gasteiger partial charge in [-0.2, -0.15) is 13.2 Å². The molecule has 1 atom stereocenters. The lowest BCUT2D eigenvalue weighted by atomic mass is 9.92. The third-order valence-electron chi connectivity index (χ3n) is 5.71. The molecule has 0 amide bonds. The molecule has 1 heterocycles. The lowest BCUT2D eigenvalue weighted by Crippen LogP contribution is -2.12. The van der Waals surface area contributed by atoms with Crippen LogP contribution in [0, 0.1) is 5.92 Å². The number of anilines is 1. The molecule has 0 aliphatic heterocycles. The molecule has 1 aliphatic carbocycles. The molecular formula is C25H30F3N3. The standard InChI is InChI=1S/C25H30F3N3/c1-4-10-18(5-2)16-29-17(3)30-24-15-23(31-22-14-9-7-12-20(22)24)19-11-6-8-13-21(19)25(26,27)28/h6,8,11,13,15-16,18H,3-5,7,9-10,12,14H2,1-2H3,(H,30,31). The van der Waals surface area contributed by atoms with E-state index >= 15 is 0 Å². The highest BCUT2D eigenvalue weighted by atomic mass is 19.4. The number of aliphatic imine (C=N–C) groups is 1. The first kappa shape index (κ1) is 23.0. The highest BCUT2D eigenvalue weighted by Gasteiger charge is 2.34. The van der Waals surface area contributed by atoms with Gasteiger partial charge in [-0.05, 0) is 62.1 Å². The van der Waals surface area contributed by atoms with Crippen molar-refractivity contribution >= 4 is 11.9 Å². The smallest absolute Gasteiger partial charge is 0.340 e. The maximum Gasteiger partial charge on any atom is 0.417 e. The second-order valence-electron chi connectivity index (χ2n) is 8.04. The van der Waals surface area contributed by atoms with E-state index in [-0.39, 0.29) is 5.56 Å². The number of aromatic nitrogens is 1. The van der Waals surface area contributed by atoms with E-state index in [1.165, 1.54) is 12.1 Å². The quantitative estimate of drug-likeness (QED) is 0.443. The van der Waals surface area contributed by atoms with Crippen LogP contribution in [0.5, 0.6) is 0 Å². The van der Waals surface area contributed by atoms with Gasteiger partial charge in [0, 0.05) is 23.2 Å². The van der Waals surface area contributed by atoms with Gasteiger partial charge in [0.25, 0.3) is 0 Å². The number of nitrogens with one attached hydrogen (secondary N) is 1. The third-order valence-corrected chi connectivity index (χ3v) is 5.71. The SMILES string of the molecule is C=C(N=CC(CC)CCC)Nc1cc(-c2ccccc2C(F)(F)F)nc2c1CCCC2. The molecule has 1 aromatic heterocycles. The highest BCUT2D eigenvalue weighted by Crippen LogP contribution is 2.38. The molecule has 1 aliphatic rings. The fourth-order valence-corrected chi connectivity index (χ4v) is 4.05. The molecule has 0 saturated carbocycles. The number of hydrogen-bond acceptors (Lipinski definition) is 3. The van der Waals surface area contributed by atoms with Crippen LogP contribution in [0.4, 0.5) is 18.9 Å². The van der Waals surface area contributed by atoms with Crippen LogP contribution in [0.15, 0.2) is 47.7 Å². The molecule has 0 saturated heterocycles. The molecule has 3 nitrogen and oxygen atoms in total. The zero-order valence-electron chi connectivity index (χ0n) is 18.2. The topological polar surface area (TPSA) is 37.3 Å². The Morgan fingerprint density at radius 2 is 1.97 bits per heavy atom. The van der Waals surface area contributed by atoms with Gasteiger partial charge < -0.3 is 5.32 Å². The molecule has 166 valence electrons. The van der Waals surface area contributed by atoms with E-state index in [2.05, 4.69) is 35.7 Å². The first-order valence-electron chi connectivity index (χ1n) is 11.0. The molecule has 0 spiro atoms. The van der Waals surface area contributed by atoms with Gasteiger partial charge in [-0.3, -0.25) is 4.98 Å². The van der Waals surface area contributed by atoms with Crippen molar-refractivity contribution in [3.63, 3.8) is 0 Å². The molecule has 3 rings (SSSR count). The molecule has 1 unspecified atom stereocenters. The van der Waals surface area contributed by atoms with E-state index in [1.54, 1.807) is 12.1 Å². The predicted molar refractivity (Wildman–Crippen MR) is 121 cm³/mol. The summed E-state index contributed by atoms with van der Waals surface area (Å²) < 4.78 is 40.7. The van der Waals surface area contributed by atoms with Crippen molar-refractivity contribution in [3.05, 3.63) is 59.6 Å². The highest BCUT2D eigenvalue weighted by molar-refractivity contribution is 5.72. The first-order chi connectivity index (χ1) is 14.8. The Morgan fingerprint density at radius 3 is 2.68 bits per heavy atom. The Kier molecular flexibility index (Phi) is 7.52. The van der Waals surface area contributed by atoms with Crippen LogP contribution in [0.2, 0.25) is 0 Å². The third kappa shape index (κ3) is 5.75. The van der Waals surface area contributed by atoms with Crippen LogP contribution in [-0.4, -0.2) is 11.2 Å². The zero-order chi connectivity index (χ0) is 22.4. The number of pyridine rings is 1. The largest absolute Gasteiger partial charge is 0.417 e. The number of benzene rings is 1.